The molecule has 94 valence electrons. The van der Waals surface area contributed by atoms with Gasteiger partial charge in [0.05, 0.1) is 12.4 Å². The van der Waals surface area contributed by atoms with Crippen LogP contribution in [0.15, 0.2) is 23.3 Å². The molecule has 0 bridgehead atoms. The van der Waals surface area contributed by atoms with Crippen LogP contribution in [-0.2, 0) is 0 Å². The third kappa shape index (κ3) is 1.45. The second kappa shape index (κ2) is 3.69. The zero-order valence-electron chi connectivity index (χ0n) is 10.2. The van der Waals surface area contributed by atoms with Crippen molar-refractivity contribution >= 4 is 17.1 Å². The van der Waals surface area contributed by atoms with Crippen LogP contribution in [0.1, 0.15) is 25.8 Å². The molecule has 0 unspecified atom stereocenters. The smallest absolute Gasteiger partial charge is 0.280 e. The summed E-state index contributed by atoms with van der Waals surface area (Å²) in [6.07, 6.45) is 3.75. The summed E-state index contributed by atoms with van der Waals surface area (Å²) in [5, 5.41) is 0. The number of fused-ring (bicyclic) bond motifs is 1. The SMILES string of the molecule is C=C1[C@H](C)CC[C@@H]1n1cnc2c(=O)[nH]c(N)nc21. The lowest BCUT2D eigenvalue weighted by Crippen LogP contribution is -2.14. The minimum atomic E-state index is -0.298. The number of nitrogen functional groups attached to an aromatic ring is 1. The molecule has 1 aliphatic rings. The summed E-state index contributed by atoms with van der Waals surface area (Å²) < 4.78 is 1.91. The first-order chi connectivity index (χ1) is 8.58. The van der Waals surface area contributed by atoms with Gasteiger partial charge in [0.15, 0.2) is 11.2 Å². The summed E-state index contributed by atoms with van der Waals surface area (Å²) in [4.78, 5) is 22.5. The molecule has 0 aliphatic heterocycles. The van der Waals surface area contributed by atoms with Gasteiger partial charge in [0, 0.05) is 0 Å². The average molecular weight is 245 g/mol. The molecule has 2 aromatic heterocycles. The van der Waals surface area contributed by atoms with Gasteiger partial charge < -0.3 is 10.3 Å². The van der Waals surface area contributed by atoms with Gasteiger partial charge in [-0.15, -0.1) is 0 Å². The molecule has 0 saturated heterocycles. The topological polar surface area (TPSA) is 89.6 Å². The predicted molar refractivity (Wildman–Crippen MR) is 69.1 cm³/mol. The first-order valence-electron chi connectivity index (χ1n) is 5.99. The molecule has 0 radical (unpaired) electrons. The van der Waals surface area contributed by atoms with Crippen LogP contribution in [0.5, 0.6) is 0 Å². The van der Waals surface area contributed by atoms with E-state index in [0.29, 0.717) is 17.1 Å². The maximum atomic E-state index is 11.7. The van der Waals surface area contributed by atoms with Crippen LogP contribution in [0.25, 0.3) is 11.2 Å². The summed E-state index contributed by atoms with van der Waals surface area (Å²) in [5.41, 5.74) is 7.32. The third-order valence-electron chi connectivity index (χ3n) is 3.72. The van der Waals surface area contributed by atoms with Gasteiger partial charge in [-0.05, 0) is 18.8 Å². The molecule has 3 N–H and O–H groups in total. The molecule has 0 aromatic carbocycles. The number of imidazole rings is 1. The number of aromatic amines is 1. The maximum Gasteiger partial charge on any atom is 0.280 e. The van der Waals surface area contributed by atoms with E-state index in [4.69, 9.17) is 5.73 Å². The molecule has 3 rings (SSSR count). The second-order valence-electron chi connectivity index (χ2n) is 4.84. The van der Waals surface area contributed by atoms with Gasteiger partial charge in [0.2, 0.25) is 5.95 Å². The number of aromatic nitrogens is 4. The lowest BCUT2D eigenvalue weighted by molar-refractivity contribution is 0.597. The Bertz CT molecular complexity index is 683. The highest BCUT2D eigenvalue weighted by atomic mass is 16.1. The molecular weight excluding hydrogens is 230 g/mol. The van der Waals surface area contributed by atoms with Gasteiger partial charge in [0.1, 0.15) is 0 Å². The fraction of sp³-hybridized carbons (Fsp3) is 0.417. The zero-order valence-corrected chi connectivity index (χ0v) is 10.2. The van der Waals surface area contributed by atoms with Crippen molar-refractivity contribution in [1.82, 2.24) is 19.5 Å². The van der Waals surface area contributed by atoms with Crippen LogP contribution in [0, 0.1) is 5.92 Å². The van der Waals surface area contributed by atoms with Crippen molar-refractivity contribution in [2.24, 2.45) is 5.92 Å². The summed E-state index contributed by atoms with van der Waals surface area (Å²) in [5.74, 6) is 0.609. The summed E-state index contributed by atoms with van der Waals surface area (Å²) in [6, 6.07) is 0.165. The summed E-state index contributed by atoms with van der Waals surface area (Å²) in [7, 11) is 0. The lowest BCUT2D eigenvalue weighted by Gasteiger charge is -2.14. The zero-order chi connectivity index (χ0) is 12.9. The first-order valence-corrected chi connectivity index (χ1v) is 5.99. The molecular formula is C12H15N5O. The van der Waals surface area contributed by atoms with Crippen LogP contribution in [-0.4, -0.2) is 19.5 Å². The number of nitrogens with zero attached hydrogens (tertiary/aromatic N) is 3. The van der Waals surface area contributed by atoms with Gasteiger partial charge >= 0.3 is 0 Å². The molecule has 2 aromatic rings. The van der Waals surface area contributed by atoms with Crippen molar-refractivity contribution in [3.63, 3.8) is 0 Å². The molecule has 2 heterocycles. The predicted octanol–water partition coefficient (Wildman–Crippen LogP) is 1.23. The van der Waals surface area contributed by atoms with Gasteiger partial charge in [-0.25, -0.2) is 4.98 Å². The number of H-pyrrole nitrogens is 1. The minimum absolute atomic E-state index is 0.117. The van der Waals surface area contributed by atoms with Gasteiger partial charge in [0.25, 0.3) is 5.56 Å². The number of anilines is 1. The number of nitrogens with one attached hydrogen (secondary N) is 1. The van der Waals surface area contributed by atoms with Crippen molar-refractivity contribution in [1.29, 1.82) is 0 Å². The Kier molecular flexibility index (Phi) is 2.26. The Morgan fingerprint density at radius 3 is 3.00 bits per heavy atom. The molecule has 1 aliphatic carbocycles. The average Bonchev–Trinajstić information content (AvgIpc) is 2.85. The van der Waals surface area contributed by atoms with Crippen molar-refractivity contribution < 1.29 is 0 Å². The van der Waals surface area contributed by atoms with E-state index in [2.05, 4.69) is 28.5 Å². The molecule has 1 fully saturated rings. The molecule has 6 heteroatoms. The third-order valence-corrected chi connectivity index (χ3v) is 3.72. The largest absolute Gasteiger partial charge is 0.369 e. The standard InChI is InChI=1S/C12H15N5O/c1-6-3-4-8(7(6)2)17-5-14-9-10(17)15-12(13)16-11(9)18/h5-6,8H,2-4H2,1H3,(H3,13,15,16,18)/t6-,8+/m1/s1. The van der Waals surface area contributed by atoms with Gasteiger partial charge in [-0.2, -0.15) is 4.98 Å². The maximum absolute atomic E-state index is 11.7. The number of rotatable bonds is 1. The molecule has 6 nitrogen and oxygen atoms in total. The number of hydrogen-bond acceptors (Lipinski definition) is 4. The first kappa shape index (κ1) is 11.0. The van der Waals surface area contributed by atoms with Crippen molar-refractivity contribution in [2.45, 2.75) is 25.8 Å². The number of hydrogen-bond donors (Lipinski definition) is 2. The fourth-order valence-corrected chi connectivity index (χ4v) is 2.60. The minimum Gasteiger partial charge on any atom is -0.369 e. The summed E-state index contributed by atoms with van der Waals surface area (Å²) in [6.45, 7) is 6.29. The van der Waals surface area contributed by atoms with Crippen LogP contribution < -0.4 is 11.3 Å². The van der Waals surface area contributed by atoms with Crippen molar-refractivity contribution in [3.8, 4) is 0 Å². The highest BCUT2D eigenvalue weighted by Gasteiger charge is 2.28. The number of allylic oxidation sites excluding steroid dienone is 1. The van der Waals surface area contributed by atoms with E-state index in [1.54, 1.807) is 6.33 Å². The fourth-order valence-electron chi connectivity index (χ4n) is 2.60. The van der Waals surface area contributed by atoms with E-state index in [1.807, 2.05) is 4.57 Å². The Morgan fingerprint density at radius 1 is 1.56 bits per heavy atom. The Hall–Kier alpha value is -2.11. The Morgan fingerprint density at radius 2 is 2.33 bits per heavy atom. The van der Waals surface area contributed by atoms with Gasteiger partial charge in [-0.3, -0.25) is 9.78 Å². The molecule has 0 spiro atoms. The molecule has 0 amide bonds. The quantitative estimate of drug-likeness (QED) is 0.739. The second-order valence-corrected chi connectivity index (χ2v) is 4.84. The van der Waals surface area contributed by atoms with E-state index >= 15 is 0 Å². The van der Waals surface area contributed by atoms with E-state index < -0.39 is 0 Å². The lowest BCUT2D eigenvalue weighted by atomic mass is 10.1. The van der Waals surface area contributed by atoms with Crippen molar-refractivity contribution in [3.05, 3.63) is 28.8 Å². The van der Waals surface area contributed by atoms with E-state index in [1.165, 1.54) is 0 Å². The van der Waals surface area contributed by atoms with E-state index in [-0.39, 0.29) is 17.5 Å². The Balaban J connectivity index is 2.19. The Labute approximate surface area is 104 Å². The molecule has 2 atom stereocenters. The number of nitrogens with two attached hydrogens (primary N) is 1. The van der Waals surface area contributed by atoms with Crippen molar-refractivity contribution in [2.75, 3.05) is 5.73 Å². The van der Waals surface area contributed by atoms with Crippen LogP contribution in [0.3, 0.4) is 0 Å². The monoisotopic (exact) mass is 245 g/mol. The molecule has 1 saturated carbocycles. The van der Waals surface area contributed by atoms with E-state index in [0.717, 1.165) is 18.4 Å². The highest BCUT2D eigenvalue weighted by molar-refractivity contribution is 5.70. The van der Waals surface area contributed by atoms with Crippen LogP contribution in [0.4, 0.5) is 5.95 Å². The highest BCUT2D eigenvalue weighted by Crippen LogP contribution is 2.39. The van der Waals surface area contributed by atoms with Crippen LogP contribution in [0.2, 0.25) is 0 Å². The molecule has 18 heavy (non-hydrogen) atoms. The summed E-state index contributed by atoms with van der Waals surface area (Å²) >= 11 is 0. The van der Waals surface area contributed by atoms with E-state index in [9.17, 15) is 4.79 Å². The van der Waals surface area contributed by atoms with Gasteiger partial charge in [-0.1, -0.05) is 19.1 Å². The van der Waals surface area contributed by atoms with Crippen LogP contribution >= 0.6 is 0 Å². The normalized spacial score (nSPS) is 23.9.